The normalized spacial score (nSPS) is 26.0. The Bertz CT molecular complexity index is 565. The van der Waals surface area contributed by atoms with E-state index in [0.29, 0.717) is 6.42 Å². The number of aliphatic hydroxyl groups is 1. The number of rotatable bonds is 5. The van der Waals surface area contributed by atoms with Crippen LogP contribution in [0.15, 0.2) is 28.7 Å². The summed E-state index contributed by atoms with van der Waals surface area (Å²) in [5.41, 5.74) is 0.396. The Hall–Kier alpha value is -0.460. The van der Waals surface area contributed by atoms with Gasteiger partial charge < -0.3 is 19.9 Å². The molecule has 4 atom stereocenters. The predicted molar refractivity (Wildman–Crippen MR) is 105 cm³/mol. The summed E-state index contributed by atoms with van der Waals surface area (Å²) in [6, 6.07) is 7.84. The van der Waals surface area contributed by atoms with Gasteiger partial charge in [0, 0.05) is 17.1 Å². The van der Waals surface area contributed by atoms with Gasteiger partial charge in [0.2, 0.25) is 0 Å². The zero-order valence-electron chi connectivity index (χ0n) is 16.2. The lowest BCUT2D eigenvalue weighted by atomic mass is 9.98. The predicted octanol–water partition coefficient (Wildman–Crippen LogP) is 4.21. The van der Waals surface area contributed by atoms with E-state index in [-0.39, 0.29) is 29.5 Å². The summed E-state index contributed by atoms with van der Waals surface area (Å²) in [6.07, 6.45) is -0.118. The topological polar surface area (TPSA) is 50.7 Å². The number of aliphatic hydroxyl groups excluding tert-OH is 1. The van der Waals surface area contributed by atoms with Gasteiger partial charge in [-0.05, 0) is 59.6 Å². The minimum absolute atomic E-state index is 0.0318. The fourth-order valence-electron chi connectivity index (χ4n) is 3.22. The first kappa shape index (κ1) is 20.8. The fraction of sp³-hybridized carbons (Fsp3) is 0.700. The number of ether oxygens (including phenoxy) is 2. The lowest BCUT2D eigenvalue weighted by Gasteiger charge is -2.35. The highest BCUT2D eigenvalue weighted by Gasteiger charge is 2.42. The van der Waals surface area contributed by atoms with Crippen molar-refractivity contribution in [2.45, 2.75) is 83.5 Å². The summed E-state index contributed by atoms with van der Waals surface area (Å²) in [7, 11) is 0. The largest absolute Gasteiger partial charge is 0.388 e. The lowest BCUT2D eigenvalue weighted by Crippen LogP contribution is -2.44. The first-order valence-corrected chi connectivity index (χ1v) is 9.77. The van der Waals surface area contributed by atoms with E-state index in [1.807, 2.05) is 24.3 Å². The molecule has 0 aromatic heterocycles. The number of halogens is 1. The van der Waals surface area contributed by atoms with Crippen LogP contribution in [0.3, 0.4) is 0 Å². The molecule has 0 unspecified atom stereocenters. The van der Waals surface area contributed by atoms with Crippen LogP contribution in [0.4, 0.5) is 0 Å². The van der Waals surface area contributed by atoms with E-state index < -0.39 is 6.10 Å². The second kappa shape index (κ2) is 8.05. The Balaban J connectivity index is 2.13. The SMILES string of the molecule is CC(C)(C)O[C@H]1[C@H](C[C@H](O)c2ccccc2Br)NC[C@@H]1OC(C)(C)C. The molecule has 25 heavy (non-hydrogen) atoms. The van der Waals surface area contributed by atoms with Crippen molar-refractivity contribution in [2.24, 2.45) is 0 Å². The highest BCUT2D eigenvalue weighted by molar-refractivity contribution is 9.10. The van der Waals surface area contributed by atoms with E-state index in [9.17, 15) is 5.11 Å². The van der Waals surface area contributed by atoms with Crippen molar-refractivity contribution in [3.05, 3.63) is 34.3 Å². The Morgan fingerprint density at radius 2 is 1.72 bits per heavy atom. The standard InChI is InChI=1S/C20H32BrNO3/c1-19(2,3)24-17-12-22-15(18(17)25-20(4,5)6)11-16(23)13-9-7-8-10-14(13)21/h7-10,15-18,22-23H,11-12H2,1-6H3/t15-,16-,17-,18-/m0/s1. The Labute approximate surface area is 160 Å². The molecule has 142 valence electrons. The van der Waals surface area contributed by atoms with Gasteiger partial charge >= 0.3 is 0 Å². The van der Waals surface area contributed by atoms with E-state index in [0.717, 1.165) is 16.6 Å². The van der Waals surface area contributed by atoms with Crippen LogP contribution in [0.2, 0.25) is 0 Å². The van der Waals surface area contributed by atoms with Gasteiger partial charge in [0.15, 0.2) is 0 Å². The van der Waals surface area contributed by atoms with Crippen molar-refractivity contribution in [2.75, 3.05) is 6.54 Å². The highest BCUT2D eigenvalue weighted by atomic mass is 79.9. The number of hydrogen-bond acceptors (Lipinski definition) is 4. The van der Waals surface area contributed by atoms with Gasteiger partial charge in [-0.25, -0.2) is 0 Å². The quantitative estimate of drug-likeness (QED) is 0.758. The highest BCUT2D eigenvalue weighted by Crippen LogP contribution is 2.32. The van der Waals surface area contributed by atoms with E-state index in [2.05, 4.69) is 62.8 Å². The smallest absolute Gasteiger partial charge is 0.101 e. The fourth-order valence-corrected chi connectivity index (χ4v) is 3.77. The van der Waals surface area contributed by atoms with Crippen LogP contribution in [0, 0.1) is 0 Å². The number of benzene rings is 1. The average Bonchev–Trinajstić information content (AvgIpc) is 2.78. The van der Waals surface area contributed by atoms with Crippen molar-refractivity contribution in [3.8, 4) is 0 Å². The maximum Gasteiger partial charge on any atom is 0.101 e. The van der Waals surface area contributed by atoms with Crippen LogP contribution < -0.4 is 5.32 Å². The Morgan fingerprint density at radius 1 is 1.12 bits per heavy atom. The van der Waals surface area contributed by atoms with Crippen molar-refractivity contribution in [1.29, 1.82) is 0 Å². The van der Waals surface area contributed by atoms with Gasteiger partial charge in [-0.2, -0.15) is 0 Å². The molecular formula is C20H32BrNO3. The third-order valence-corrected chi connectivity index (χ3v) is 4.80. The summed E-state index contributed by atoms with van der Waals surface area (Å²) in [5.74, 6) is 0. The van der Waals surface area contributed by atoms with Crippen molar-refractivity contribution >= 4 is 15.9 Å². The third-order valence-electron chi connectivity index (χ3n) is 4.08. The molecule has 0 aliphatic carbocycles. The molecule has 5 heteroatoms. The Kier molecular flexibility index (Phi) is 6.71. The van der Waals surface area contributed by atoms with E-state index >= 15 is 0 Å². The molecule has 4 nitrogen and oxygen atoms in total. The summed E-state index contributed by atoms with van der Waals surface area (Å²) in [5, 5.41) is 14.2. The summed E-state index contributed by atoms with van der Waals surface area (Å²) >= 11 is 3.53. The average molecular weight is 414 g/mol. The van der Waals surface area contributed by atoms with Crippen LogP contribution in [0.25, 0.3) is 0 Å². The van der Waals surface area contributed by atoms with Gasteiger partial charge in [-0.15, -0.1) is 0 Å². The molecule has 0 radical (unpaired) electrons. The molecular weight excluding hydrogens is 382 g/mol. The molecule has 0 bridgehead atoms. The van der Waals surface area contributed by atoms with E-state index in [1.165, 1.54) is 0 Å². The zero-order chi connectivity index (χ0) is 18.8. The molecule has 1 aliphatic rings. The monoisotopic (exact) mass is 413 g/mol. The van der Waals surface area contributed by atoms with E-state index in [1.54, 1.807) is 0 Å². The number of nitrogens with one attached hydrogen (secondary N) is 1. The van der Waals surface area contributed by atoms with Crippen LogP contribution in [0.1, 0.15) is 59.6 Å². The second-order valence-corrected chi connectivity index (χ2v) is 9.61. The summed E-state index contributed by atoms with van der Waals surface area (Å²) < 4.78 is 13.5. The molecule has 2 rings (SSSR count). The molecule has 1 saturated heterocycles. The zero-order valence-corrected chi connectivity index (χ0v) is 17.8. The first-order chi connectivity index (χ1) is 11.5. The lowest BCUT2D eigenvalue weighted by molar-refractivity contribution is -0.152. The molecule has 1 heterocycles. The molecule has 0 amide bonds. The minimum atomic E-state index is -0.562. The van der Waals surface area contributed by atoms with Crippen LogP contribution in [-0.2, 0) is 9.47 Å². The molecule has 2 N–H and O–H groups in total. The first-order valence-electron chi connectivity index (χ1n) is 8.98. The summed E-state index contributed by atoms with van der Waals surface area (Å²) in [6.45, 7) is 13.1. The number of hydrogen-bond donors (Lipinski definition) is 2. The van der Waals surface area contributed by atoms with Crippen molar-refractivity contribution in [3.63, 3.8) is 0 Å². The molecule has 1 aromatic rings. The molecule has 0 spiro atoms. The minimum Gasteiger partial charge on any atom is -0.388 e. The van der Waals surface area contributed by atoms with Crippen LogP contribution >= 0.6 is 15.9 Å². The van der Waals surface area contributed by atoms with Gasteiger partial charge in [0.1, 0.15) is 6.10 Å². The van der Waals surface area contributed by atoms with E-state index in [4.69, 9.17) is 9.47 Å². The van der Waals surface area contributed by atoms with Crippen molar-refractivity contribution in [1.82, 2.24) is 5.32 Å². The van der Waals surface area contributed by atoms with Gasteiger partial charge in [-0.3, -0.25) is 0 Å². The van der Waals surface area contributed by atoms with Gasteiger partial charge in [-0.1, -0.05) is 34.1 Å². The molecule has 1 fully saturated rings. The van der Waals surface area contributed by atoms with Crippen LogP contribution in [-0.4, -0.2) is 41.1 Å². The third kappa shape index (κ3) is 6.33. The molecule has 1 aliphatic heterocycles. The maximum atomic E-state index is 10.7. The van der Waals surface area contributed by atoms with Crippen molar-refractivity contribution < 1.29 is 14.6 Å². The van der Waals surface area contributed by atoms with Gasteiger partial charge in [0.25, 0.3) is 0 Å². The van der Waals surface area contributed by atoms with Gasteiger partial charge in [0.05, 0.1) is 23.4 Å². The summed E-state index contributed by atoms with van der Waals surface area (Å²) in [4.78, 5) is 0. The van der Waals surface area contributed by atoms with Crippen LogP contribution in [0.5, 0.6) is 0 Å². The Morgan fingerprint density at radius 3 is 2.28 bits per heavy atom. The molecule has 0 saturated carbocycles. The second-order valence-electron chi connectivity index (χ2n) is 8.75. The maximum absolute atomic E-state index is 10.7. The molecule has 1 aromatic carbocycles.